The number of benzene rings is 3. The van der Waals surface area contributed by atoms with Crippen LogP contribution in [0.15, 0.2) is 108 Å². The molecule has 0 spiro atoms. The highest BCUT2D eigenvalue weighted by atomic mass is 16.6. The van der Waals surface area contributed by atoms with E-state index in [-0.39, 0.29) is 0 Å². The van der Waals surface area contributed by atoms with E-state index in [2.05, 4.69) is 0 Å². The number of carbonyl (C=O) groups excluding carboxylic acids is 3. The summed E-state index contributed by atoms with van der Waals surface area (Å²) in [6, 6.07) is 26.4. The maximum absolute atomic E-state index is 13.8. The summed E-state index contributed by atoms with van der Waals surface area (Å²) in [4.78, 5) is 42.2. The van der Waals surface area contributed by atoms with Crippen LogP contribution in [0.3, 0.4) is 0 Å². The number of hydrogen-bond acceptors (Lipinski definition) is 8. The predicted octanol–water partition coefficient (Wildman–Crippen LogP) is 4.18. The van der Waals surface area contributed by atoms with Crippen LogP contribution in [0.1, 0.15) is 21.5 Å². The molecule has 210 valence electrons. The number of rotatable bonds is 8. The van der Waals surface area contributed by atoms with Crippen molar-refractivity contribution in [2.75, 3.05) is 40.5 Å². The Kier molecular flexibility index (Phi) is 8.42. The molecule has 0 aromatic heterocycles. The molecule has 1 fully saturated rings. The molecule has 2 atom stereocenters. The summed E-state index contributed by atoms with van der Waals surface area (Å²) >= 11 is 0. The third kappa shape index (κ3) is 5.31. The first-order valence-electron chi connectivity index (χ1n) is 13.4. The molecule has 8 nitrogen and oxygen atoms in total. The molecule has 3 aromatic carbocycles. The van der Waals surface area contributed by atoms with E-state index in [0.29, 0.717) is 54.1 Å². The highest BCUT2D eigenvalue weighted by Gasteiger charge is 2.59. The molecule has 1 heterocycles. The number of nitrogens with zero attached hydrogens (tertiary/aromatic N) is 1. The molecule has 0 saturated carbocycles. The van der Waals surface area contributed by atoms with E-state index in [1.54, 1.807) is 24.3 Å². The van der Waals surface area contributed by atoms with Gasteiger partial charge in [-0.1, -0.05) is 78.9 Å². The third-order valence-electron chi connectivity index (χ3n) is 7.36. The van der Waals surface area contributed by atoms with Crippen molar-refractivity contribution in [3.63, 3.8) is 0 Å². The molecule has 8 heteroatoms. The smallest absolute Gasteiger partial charge is 0.339 e. The molecule has 0 bridgehead atoms. The largest absolute Gasteiger partial charge is 0.468 e. The first-order chi connectivity index (χ1) is 20.0. The summed E-state index contributed by atoms with van der Waals surface area (Å²) in [6.07, 6.45) is 1.31. The Labute approximate surface area is 238 Å². The van der Waals surface area contributed by atoms with Crippen molar-refractivity contribution in [3.05, 3.63) is 125 Å². The van der Waals surface area contributed by atoms with Gasteiger partial charge in [0.25, 0.3) is 0 Å². The normalized spacial score (nSPS) is 20.6. The van der Waals surface area contributed by atoms with Gasteiger partial charge in [0.15, 0.2) is 5.60 Å². The number of esters is 3. The van der Waals surface area contributed by atoms with E-state index in [4.69, 9.17) is 18.9 Å². The van der Waals surface area contributed by atoms with E-state index in [0.717, 1.165) is 5.56 Å². The lowest BCUT2D eigenvalue weighted by Crippen LogP contribution is -2.55. The SMILES string of the molecule is COC(=O)/C=C1\C([C@@H](C(=O)OC)N2CCOCC2)=C(c2ccccc2)[C@]1(OC(=O)c1ccccc1)c1ccccc1. The van der Waals surface area contributed by atoms with Crippen molar-refractivity contribution in [2.45, 2.75) is 11.6 Å². The van der Waals surface area contributed by atoms with Crippen molar-refractivity contribution in [2.24, 2.45) is 0 Å². The highest BCUT2D eigenvalue weighted by Crippen LogP contribution is 2.60. The minimum absolute atomic E-state index is 0.346. The second-order valence-electron chi connectivity index (χ2n) is 9.61. The van der Waals surface area contributed by atoms with Gasteiger partial charge in [-0.3, -0.25) is 4.90 Å². The van der Waals surface area contributed by atoms with Crippen LogP contribution in [-0.2, 0) is 34.1 Å². The van der Waals surface area contributed by atoms with Crippen LogP contribution in [0.25, 0.3) is 5.57 Å². The van der Waals surface area contributed by atoms with E-state index >= 15 is 0 Å². The van der Waals surface area contributed by atoms with Gasteiger partial charge in [0, 0.05) is 35.9 Å². The van der Waals surface area contributed by atoms with Crippen LogP contribution in [0.2, 0.25) is 0 Å². The first kappa shape index (κ1) is 28.0. The quantitative estimate of drug-likeness (QED) is 0.233. The average molecular weight is 554 g/mol. The number of morpholine rings is 1. The van der Waals surface area contributed by atoms with Crippen LogP contribution in [-0.4, -0.2) is 69.4 Å². The number of ether oxygens (including phenoxy) is 4. The van der Waals surface area contributed by atoms with Gasteiger partial charge in [-0.05, 0) is 23.3 Å². The number of methoxy groups -OCH3 is 2. The highest BCUT2D eigenvalue weighted by molar-refractivity contribution is 6.03. The third-order valence-corrected chi connectivity index (χ3v) is 7.36. The lowest BCUT2D eigenvalue weighted by molar-refractivity contribution is -0.147. The van der Waals surface area contributed by atoms with Gasteiger partial charge in [-0.25, -0.2) is 14.4 Å². The Balaban J connectivity index is 1.84. The molecule has 2 aliphatic rings. The minimum atomic E-state index is -1.53. The Morgan fingerprint density at radius 3 is 2.00 bits per heavy atom. The Hall–Kier alpha value is -4.53. The van der Waals surface area contributed by atoms with Crippen molar-refractivity contribution < 1.29 is 33.3 Å². The summed E-state index contributed by atoms with van der Waals surface area (Å²) in [5.74, 6) is -1.73. The van der Waals surface area contributed by atoms with Crippen LogP contribution in [0, 0.1) is 0 Å². The molecule has 0 amide bonds. The molecular formula is C33H31NO7. The zero-order valence-electron chi connectivity index (χ0n) is 22.9. The van der Waals surface area contributed by atoms with E-state index in [1.807, 2.05) is 71.6 Å². The molecular weight excluding hydrogens is 522 g/mol. The minimum Gasteiger partial charge on any atom is -0.468 e. The molecule has 0 radical (unpaired) electrons. The van der Waals surface area contributed by atoms with Crippen LogP contribution < -0.4 is 0 Å². The maximum Gasteiger partial charge on any atom is 0.339 e. The summed E-state index contributed by atoms with van der Waals surface area (Å²) < 4.78 is 22.4. The number of carbonyl (C=O) groups is 3. The summed E-state index contributed by atoms with van der Waals surface area (Å²) in [7, 11) is 2.61. The average Bonchev–Trinajstić information content (AvgIpc) is 3.04. The fourth-order valence-electron chi connectivity index (χ4n) is 5.50. The molecule has 1 saturated heterocycles. The van der Waals surface area contributed by atoms with Gasteiger partial charge in [0.2, 0.25) is 0 Å². The topological polar surface area (TPSA) is 91.4 Å². The molecule has 1 aliphatic carbocycles. The van der Waals surface area contributed by atoms with E-state index < -0.39 is 29.6 Å². The fourth-order valence-corrected chi connectivity index (χ4v) is 5.50. The predicted molar refractivity (Wildman–Crippen MR) is 152 cm³/mol. The standard InChI is InChI=1S/C33H31NO7/c1-38-27(35)22-26-28(30(32(37)39-2)34-18-20-40-21-19-34)29(23-12-6-3-7-13-23)33(26,25-16-10-5-11-17-25)41-31(36)24-14-8-4-9-15-24/h3-17,22,30H,18-21H2,1-2H3/b26-22+/t30-,33-/m0/s1. The molecule has 1 aliphatic heterocycles. The summed E-state index contributed by atoms with van der Waals surface area (Å²) in [5.41, 5.74) is 1.63. The van der Waals surface area contributed by atoms with Gasteiger partial charge < -0.3 is 18.9 Å². The van der Waals surface area contributed by atoms with Crippen LogP contribution in [0.5, 0.6) is 0 Å². The maximum atomic E-state index is 13.8. The van der Waals surface area contributed by atoms with E-state index in [1.165, 1.54) is 20.3 Å². The molecule has 3 aromatic rings. The fraction of sp³-hybridized carbons (Fsp3) is 0.242. The monoisotopic (exact) mass is 553 g/mol. The van der Waals surface area contributed by atoms with Crippen LogP contribution >= 0.6 is 0 Å². The lowest BCUT2D eigenvalue weighted by Gasteiger charge is -2.51. The van der Waals surface area contributed by atoms with Crippen LogP contribution in [0.4, 0.5) is 0 Å². The van der Waals surface area contributed by atoms with Crippen molar-refractivity contribution in [3.8, 4) is 0 Å². The van der Waals surface area contributed by atoms with Crippen molar-refractivity contribution in [1.29, 1.82) is 0 Å². The molecule has 41 heavy (non-hydrogen) atoms. The number of hydrogen-bond donors (Lipinski definition) is 0. The second-order valence-corrected chi connectivity index (χ2v) is 9.61. The van der Waals surface area contributed by atoms with Crippen molar-refractivity contribution >= 4 is 23.5 Å². The zero-order valence-corrected chi connectivity index (χ0v) is 22.9. The van der Waals surface area contributed by atoms with E-state index in [9.17, 15) is 14.4 Å². The summed E-state index contributed by atoms with van der Waals surface area (Å²) in [6.45, 7) is 1.81. The second kappa shape index (κ2) is 12.3. The van der Waals surface area contributed by atoms with Gasteiger partial charge in [-0.15, -0.1) is 0 Å². The zero-order chi connectivity index (χ0) is 28.8. The lowest BCUT2D eigenvalue weighted by atomic mass is 9.60. The Morgan fingerprint density at radius 2 is 1.41 bits per heavy atom. The summed E-state index contributed by atoms with van der Waals surface area (Å²) in [5, 5.41) is 0. The Morgan fingerprint density at radius 1 is 0.829 bits per heavy atom. The van der Waals surface area contributed by atoms with Crippen molar-refractivity contribution in [1.82, 2.24) is 4.90 Å². The first-order valence-corrected chi connectivity index (χ1v) is 13.4. The van der Waals surface area contributed by atoms with Gasteiger partial charge in [-0.2, -0.15) is 0 Å². The van der Waals surface area contributed by atoms with Gasteiger partial charge >= 0.3 is 17.9 Å². The molecule has 0 unspecified atom stereocenters. The Bertz CT molecular complexity index is 1460. The van der Waals surface area contributed by atoms with Gasteiger partial charge in [0.1, 0.15) is 6.04 Å². The molecule has 5 rings (SSSR count). The van der Waals surface area contributed by atoms with Gasteiger partial charge in [0.05, 0.1) is 33.0 Å². The molecule has 0 N–H and O–H groups in total.